The van der Waals surface area contributed by atoms with E-state index in [4.69, 9.17) is 0 Å². The summed E-state index contributed by atoms with van der Waals surface area (Å²) in [5.74, 6) is 0.396. The summed E-state index contributed by atoms with van der Waals surface area (Å²) in [5.41, 5.74) is -0.124. The first-order chi connectivity index (χ1) is 8.68. The maximum atomic E-state index is 12.8. The Labute approximate surface area is 111 Å². The van der Waals surface area contributed by atoms with E-state index in [9.17, 15) is 4.79 Å². The van der Waals surface area contributed by atoms with Crippen molar-refractivity contribution < 1.29 is 4.79 Å². The average molecular weight is 253 g/mol. The molecule has 1 atom stereocenters. The molecule has 0 spiro atoms. The van der Waals surface area contributed by atoms with Crippen molar-refractivity contribution in [2.45, 2.75) is 32.6 Å². The van der Waals surface area contributed by atoms with Gasteiger partial charge >= 0.3 is 0 Å². The summed E-state index contributed by atoms with van der Waals surface area (Å²) in [7, 11) is 2.14. The first-order valence-electron chi connectivity index (χ1n) is 7.36. The highest BCUT2D eigenvalue weighted by Gasteiger charge is 2.40. The molecule has 18 heavy (non-hydrogen) atoms. The van der Waals surface area contributed by atoms with Crippen LogP contribution >= 0.6 is 0 Å². The second-order valence-corrected chi connectivity index (χ2v) is 5.86. The molecule has 0 radical (unpaired) electrons. The van der Waals surface area contributed by atoms with Crippen molar-refractivity contribution >= 4 is 5.91 Å². The van der Waals surface area contributed by atoms with Gasteiger partial charge in [-0.3, -0.25) is 4.79 Å². The van der Waals surface area contributed by atoms with Gasteiger partial charge in [0.25, 0.3) is 0 Å². The number of hydrogen-bond donors (Lipinski definition) is 1. The third-order valence-corrected chi connectivity index (χ3v) is 4.61. The molecule has 1 N–H and O–H groups in total. The molecule has 1 amide bonds. The molecule has 0 aliphatic carbocycles. The Morgan fingerprint density at radius 1 is 1.22 bits per heavy atom. The Kier molecular flexibility index (Phi) is 4.62. The van der Waals surface area contributed by atoms with Crippen molar-refractivity contribution in [1.29, 1.82) is 0 Å². The maximum Gasteiger partial charge on any atom is 0.230 e. The van der Waals surface area contributed by atoms with Crippen LogP contribution in [0.5, 0.6) is 0 Å². The summed E-state index contributed by atoms with van der Waals surface area (Å²) in [6.45, 7) is 8.06. The summed E-state index contributed by atoms with van der Waals surface area (Å²) in [4.78, 5) is 17.3. The van der Waals surface area contributed by atoms with Crippen molar-refractivity contribution in [2.75, 3.05) is 46.3 Å². The zero-order valence-corrected chi connectivity index (χ0v) is 11.9. The van der Waals surface area contributed by atoms with Crippen LogP contribution in [0.15, 0.2) is 0 Å². The largest absolute Gasteiger partial charge is 0.341 e. The first kappa shape index (κ1) is 13.8. The van der Waals surface area contributed by atoms with Gasteiger partial charge in [0, 0.05) is 26.2 Å². The predicted molar refractivity (Wildman–Crippen MR) is 73.5 cm³/mol. The van der Waals surface area contributed by atoms with Gasteiger partial charge in [-0.2, -0.15) is 0 Å². The smallest absolute Gasteiger partial charge is 0.230 e. The van der Waals surface area contributed by atoms with Crippen LogP contribution in [0.25, 0.3) is 0 Å². The Bertz CT molecular complexity index is 287. The summed E-state index contributed by atoms with van der Waals surface area (Å²) in [6.07, 6.45) is 4.26. The third kappa shape index (κ3) is 2.86. The van der Waals surface area contributed by atoms with Crippen LogP contribution in [0.2, 0.25) is 0 Å². The zero-order valence-electron chi connectivity index (χ0n) is 11.9. The Balaban J connectivity index is 2.03. The molecule has 4 nitrogen and oxygen atoms in total. The van der Waals surface area contributed by atoms with Crippen LogP contribution < -0.4 is 5.32 Å². The van der Waals surface area contributed by atoms with Crippen LogP contribution in [0.1, 0.15) is 32.6 Å². The van der Waals surface area contributed by atoms with Crippen molar-refractivity contribution in [3.63, 3.8) is 0 Å². The highest BCUT2D eigenvalue weighted by atomic mass is 16.2. The first-order valence-corrected chi connectivity index (χ1v) is 7.36. The normalized spacial score (nSPS) is 31.1. The summed E-state index contributed by atoms with van der Waals surface area (Å²) >= 11 is 0. The molecule has 2 fully saturated rings. The van der Waals surface area contributed by atoms with Crippen LogP contribution in [0.4, 0.5) is 0 Å². The number of likely N-dealkylation sites (N-methyl/N-ethyl adjacent to an activating group) is 1. The van der Waals surface area contributed by atoms with E-state index < -0.39 is 0 Å². The van der Waals surface area contributed by atoms with Gasteiger partial charge in [-0.05, 0) is 45.8 Å². The fourth-order valence-electron chi connectivity index (χ4n) is 3.19. The Morgan fingerprint density at radius 3 is 2.72 bits per heavy atom. The molecular weight excluding hydrogens is 226 g/mol. The number of hydrogen-bond acceptors (Lipinski definition) is 3. The van der Waals surface area contributed by atoms with Gasteiger partial charge in [0.1, 0.15) is 0 Å². The third-order valence-electron chi connectivity index (χ3n) is 4.61. The number of piperidine rings is 1. The van der Waals surface area contributed by atoms with E-state index in [0.717, 1.165) is 65.0 Å². The minimum Gasteiger partial charge on any atom is -0.341 e. The number of carbonyl (C=O) groups is 1. The van der Waals surface area contributed by atoms with Gasteiger partial charge in [-0.15, -0.1) is 0 Å². The molecule has 1 unspecified atom stereocenters. The van der Waals surface area contributed by atoms with Gasteiger partial charge in [0.2, 0.25) is 5.91 Å². The van der Waals surface area contributed by atoms with E-state index in [1.165, 1.54) is 0 Å². The van der Waals surface area contributed by atoms with Crippen molar-refractivity contribution in [1.82, 2.24) is 15.1 Å². The highest BCUT2D eigenvalue weighted by Crippen LogP contribution is 2.32. The molecule has 2 rings (SSSR count). The second kappa shape index (κ2) is 6.02. The summed E-state index contributed by atoms with van der Waals surface area (Å²) in [5, 5.41) is 3.41. The van der Waals surface area contributed by atoms with E-state index in [1.54, 1.807) is 0 Å². The molecule has 0 saturated carbocycles. The number of nitrogens with one attached hydrogen (secondary N) is 1. The lowest BCUT2D eigenvalue weighted by molar-refractivity contribution is -0.143. The summed E-state index contributed by atoms with van der Waals surface area (Å²) < 4.78 is 0. The van der Waals surface area contributed by atoms with Gasteiger partial charge in [0.05, 0.1) is 5.41 Å². The molecule has 2 saturated heterocycles. The number of rotatable bonds is 2. The van der Waals surface area contributed by atoms with Gasteiger partial charge in [0.15, 0.2) is 0 Å². The average Bonchev–Trinajstić information content (AvgIpc) is 2.63. The van der Waals surface area contributed by atoms with Gasteiger partial charge in [-0.1, -0.05) is 6.92 Å². The van der Waals surface area contributed by atoms with E-state index in [2.05, 4.69) is 29.1 Å². The molecule has 104 valence electrons. The molecule has 0 bridgehead atoms. The Hall–Kier alpha value is -0.610. The fourth-order valence-corrected chi connectivity index (χ4v) is 3.19. The van der Waals surface area contributed by atoms with E-state index in [-0.39, 0.29) is 5.41 Å². The van der Waals surface area contributed by atoms with Crippen LogP contribution in [-0.2, 0) is 4.79 Å². The van der Waals surface area contributed by atoms with E-state index >= 15 is 0 Å². The van der Waals surface area contributed by atoms with Crippen molar-refractivity contribution in [3.05, 3.63) is 0 Å². The molecule has 0 aromatic heterocycles. The number of carbonyl (C=O) groups excluding carboxylic acids is 1. The minimum absolute atomic E-state index is 0.124. The van der Waals surface area contributed by atoms with Crippen LogP contribution in [0.3, 0.4) is 0 Å². The molecule has 2 heterocycles. The maximum absolute atomic E-state index is 12.8. The lowest BCUT2D eigenvalue weighted by Crippen LogP contribution is -2.52. The molecular formula is C14H27N3O. The predicted octanol–water partition coefficient (Wildman–Crippen LogP) is 0.930. The van der Waals surface area contributed by atoms with Crippen molar-refractivity contribution in [2.24, 2.45) is 5.41 Å². The molecule has 0 aromatic rings. The SMILES string of the molecule is CCC1(C(=O)N2CCCN(C)CC2)CCCNC1. The lowest BCUT2D eigenvalue weighted by atomic mass is 9.77. The minimum atomic E-state index is -0.124. The Morgan fingerprint density at radius 2 is 2.06 bits per heavy atom. The number of nitrogens with zero attached hydrogens (tertiary/aromatic N) is 2. The van der Waals surface area contributed by atoms with Gasteiger partial charge < -0.3 is 15.1 Å². The molecule has 4 heteroatoms. The number of amides is 1. The molecule has 2 aliphatic heterocycles. The van der Waals surface area contributed by atoms with E-state index in [0.29, 0.717) is 5.91 Å². The molecule has 2 aliphatic rings. The van der Waals surface area contributed by atoms with E-state index in [1.807, 2.05) is 0 Å². The fraction of sp³-hybridized carbons (Fsp3) is 0.929. The van der Waals surface area contributed by atoms with Crippen LogP contribution in [-0.4, -0.2) is 62.0 Å². The topological polar surface area (TPSA) is 35.6 Å². The quantitative estimate of drug-likeness (QED) is 0.795. The van der Waals surface area contributed by atoms with Crippen LogP contribution in [0, 0.1) is 5.41 Å². The standard InChI is InChI=1S/C14H27N3O/c1-3-14(6-4-7-15-12-14)13(18)17-9-5-8-16(2)10-11-17/h15H,3-12H2,1-2H3. The molecule has 0 aromatic carbocycles. The van der Waals surface area contributed by atoms with Gasteiger partial charge in [-0.25, -0.2) is 0 Å². The van der Waals surface area contributed by atoms with Crippen molar-refractivity contribution in [3.8, 4) is 0 Å². The monoisotopic (exact) mass is 253 g/mol. The highest BCUT2D eigenvalue weighted by molar-refractivity contribution is 5.83. The summed E-state index contributed by atoms with van der Waals surface area (Å²) in [6, 6.07) is 0. The zero-order chi connectivity index (χ0) is 13.0. The second-order valence-electron chi connectivity index (χ2n) is 5.86. The lowest BCUT2D eigenvalue weighted by Gasteiger charge is -2.39.